The van der Waals surface area contributed by atoms with Gasteiger partial charge in [-0.15, -0.1) is 0 Å². The van der Waals surface area contributed by atoms with Crippen LogP contribution in [0.15, 0.2) is 53.9 Å². The predicted octanol–water partition coefficient (Wildman–Crippen LogP) is 4.24. The molecule has 1 unspecified atom stereocenters. The third-order valence-corrected chi connectivity index (χ3v) is 7.04. The average Bonchev–Trinajstić information content (AvgIpc) is 2.85. The molecule has 2 aromatic carbocycles. The highest BCUT2D eigenvalue weighted by Gasteiger charge is 2.36. The minimum absolute atomic E-state index is 0.111. The first-order valence-corrected chi connectivity index (χ1v) is 11.9. The summed E-state index contributed by atoms with van der Waals surface area (Å²) in [6, 6.07) is 12.0. The Balaban J connectivity index is 1.71. The summed E-state index contributed by atoms with van der Waals surface area (Å²) in [5.41, 5.74) is 10.0. The Morgan fingerprint density at radius 2 is 1.92 bits per heavy atom. The number of aryl methyl sites for hydroxylation is 1. The molecule has 182 valence electrons. The van der Waals surface area contributed by atoms with Crippen molar-refractivity contribution in [2.24, 2.45) is 5.73 Å². The zero-order chi connectivity index (χ0) is 25.6. The van der Waals surface area contributed by atoms with Crippen molar-refractivity contribution in [3.8, 4) is 17.2 Å². The summed E-state index contributed by atoms with van der Waals surface area (Å²) in [4.78, 5) is 32.1. The lowest BCUT2D eigenvalue weighted by Crippen LogP contribution is -2.40. The number of carbonyl (C=O) groups excluding carboxylic acids is 2. The first-order chi connectivity index (χ1) is 17.3. The summed E-state index contributed by atoms with van der Waals surface area (Å²) in [6.45, 7) is 3.25. The quantitative estimate of drug-likeness (QED) is 0.570. The van der Waals surface area contributed by atoms with Crippen molar-refractivity contribution in [2.45, 2.75) is 38.1 Å². The Hall–Kier alpha value is -4.09. The van der Waals surface area contributed by atoms with Crippen LogP contribution in [0.4, 0.5) is 10.1 Å². The number of carbonyl (C=O) groups is 2. The van der Waals surface area contributed by atoms with Crippen molar-refractivity contribution in [3.05, 3.63) is 70.9 Å². The third-order valence-electron chi connectivity index (χ3n) is 7.04. The number of halogens is 1. The van der Waals surface area contributed by atoms with Gasteiger partial charge in [0.1, 0.15) is 17.5 Å². The molecule has 0 radical (unpaired) electrons. The van der Waals surface area contributed by atoms with Gasteiger partial charge in [-0.25, -0.2) is 4.39 Å². The second-order valence-electron chi connectivity index (χ2n) is 9.52. The molecule has 36 heavy (non-hydrogen) atoms. The van der Waals surface area contributed by atoms with E-state index >= 15 is 0 Å². The van der Waals surface area contributed by atoms with Crippen LogP contribution < -0.4 is 10.6 Å². The number of nitrogens with two attached hydrogens (primary N) is 1. The van der Waals surface area contributed by atoms with Gasteiger partial charge in [-0.1, -0.05) is 12.1 Å². The number of benzene rings is 2. The van der Waals surface area contributed by atoms with Gasteiger partial charge in [-0.05, 0) is 60.7 Å². The summed E-state index contributed by atoms with van der Waals surface area (Å²) in [6.07, 6.45) is 3.13. The highest BCUT2D eigenvalue weighted by Crippen LogP contribution is 2.40. The monoisotopic (exact) mass is 484 g/mol. The van der Waals surface area contributed by atoms with Crippen molar-refractivity contribution in [1.29, 1.82) is 5.26 Å². The van der Waals surface area contributed by atoms with Gasteiger partial charge < -0.3 is 15.7 Å². The van der Waals surface area contributed by atoms with Crippen LogP contribution in [0.2, 0.25) is 0 Å². The Labute approximate surface area is 207 Å². The fourth-order valence-corrected chi connectivity index (χ4v) is 5.16. The number of allylic oxidation sites excluding steroid dienone is 2. The highest BCUT2D eigenvalue weighted by molar-refractivity contribution is 6.16. The molecule has 2 aliphatic rings. The van der Waals surface area contributed by atoms with E-state index in [1.807, 2.05) is 19.1 Å². The Kier molecular flexibility index (Phi) is 6.02. The number of ketones is 2. The minimum Gasteiger partial charge on any atom is -0.503 e. The number of hydrogen-bond acceptors (Lipinski definition) is 7. The molecule has 3 aromatic rings. The van der Waals surface area contributed by atoms with E-state index in [2.05, 4.69) is 9.88 Å². The number of Topliss-reactive ketones (excluding diaryl/α,β-unsaturated/α-hetero) is 2. The van der Waals surface area contributed by atoms with Gasteiger partial charge in [0.05, 0.1) is 17.1 Å². The molecule has 1 fully saturated rings. The van der Waals surface area contributed by atoms with Gasteiger partial charge in [0.15, 0.2) is 17.3 Å². The van der Waals surface area contributed by atoms with Gasteiger partial charge in [0.2, 0.25) is 0 Å². The molecule has 1 aliphatic carbocycles. The molecule has 1 saturated heterocycles. The molecule has 3 N–H and O–H groups in total. The van der Waals surface area contributed by atoms with Crippen molar-refractivity contribution in [3.63, 3.8) is 0 Å². The number of fused-ring (bicyclic) bond motifs is 1. The first-order valence-electron chi connectivity index (χ1n) is 11.9. The van der Waals surface area contributed by atoms with Gasteiger partial charge >= 0.3 is 0 Å². The standard InChI is InChI=1S/C28H25FN4O3/c1-15-8-17(10-18(29)9-15)23-14-32-24-3-2-16(20-12-25(34)28(36)22(13-30)27(20)35)11-21(24)26(23)33-6-4-19(31)5-7-33/h2-3,8-11,14,19-20,36H,4-7,12,31H2,1H3. The third kappa shape index (κ3) is 4.12. The first kappa shape index (κ1) is 23.6. The van der Waals surface area contributed by atoms with Crippen LogP contribution in [0.25, 0.3) is 22.0 Å². The summed E-state index contributed by atoms with van der Waals surface area (Å²) in [7, 11) is 0. The molecule has 0 bridgehead atoms. The van der Waals surface area contributed by atoms with Crippen LogP contribution >= 0.6 is 0 Å². The van der Waals surface area contributed by atoms with Crippen LogP contribution in [0.1, 0.15) is 36.3 Å². The number of aliphatic hydroxyl groups excluding tert-OH is 1. The number of nitrogens with zero attached hydrogens (tertiary/aromatic N) is 3. The minimum atomic E-state index is -0.879. The van der Waals surface area contributed by atoms with Gasteiger partial charge in [-0.2, -0.15) is 5.26 Å². The summed E-state index contributed by atoms with van der Waals surface area (Å²) < 4.78 is 14.4. The van der Waals surface area contributed by atoms with Crippen LogP contribution in [-0.4, -0.2) is 40.8 Å². The fraction of sp³-hybridized carbons (Fsp3) is 0.286. The van der Waals surface area contributed by atoms with Crippen molar-refractivity contribution >= 4 is 28.2 Å². The van der Waals surface area contributed by atoms with E-state index in [-0.39, 0.29) is 18.3 Å². The van der Waals surface area contributed by atoms with Gasteiger partial charge in [0.25, 0.3) is 0 Å². The Morgan fingerprint density at radius 3 is 2.61 bits per heavy atom. The molecule has 0 saturated carbocycles. The second kappa shape index (κ2) is 9.17. The number of rotatable bonds is 3. The maximum Gasteiger partial charge on any atom is 0.199 e. The lowest BCUT2D eigenvalue weighted by atomic mass is 9.81. The fourth-order valence-electron chi connectivity index (χ4n) is 5.16. The van der Waals surface area contributed by atoms with Crippen molar-refractivity contribution < 1.29 is 19.1 Å². The maximum atomic E-state index is 14.4. The lowest BCUT2D eigenvalue weighted by Gasteiger charge is -2.34. The number of pyridine rings is 1. The zero-order valence-corrected chi connectivity index (χ0v) is 19.8. The molecule has 7 nitrogen and oxygen atoms in total. The Morgan fingerprint density at radius 1 is 1.17 bits per heavy atom. The van der Waals surface area contributed by atoms with E-state index in [1.54, 1.807) is 24.4 Å². The predicted molar refractivity (Wildman–Crippen MR) is 134 cm³/mol. The summed E-state index contributed by atoms with van der Waals surface area (Å²) in [5, 5.41) is 20.0. The van der Waals surface area contributed by atoms with Crippen molar-refractivity contribution in [1.82, 2.24) is 4.98 Å². The number of aliphatic hydroxyl groups is 1. The molecule has 1 aromatic heterocycles. The van der Waals surface area contributed by atoms with E-state index in [9.17, 15) is 24.3 Å². The maximum absolute atomic E-state index is 14.4. The number of piperidine rings is 1. The molecular weight excluding hydrogens is 459 g/mol. The molecule has 1 atom stereocenters. The van der Waals surface area contributed by atoms with Crippen LogP contribution in [-0.2, 0) is 9.59 Å². The normalized spacial score (nSPS) is 19.2. The van der Waals surface area contributed by atoms with Gasteiger partial charge in [-0.3, -0.25) is 14.6 Å². The topological polar surface area (TPSA) is 120 Å². The van der Waals surface area contributed by atoms with Crippen LogP contribution in [0.3, 0.4) is 0 Å². The summed E-state index contributed by atoms with van der Waals surface area (Å²) >= 11 is 0. The number of anilines is 1. The molecule has 0 amide bonds. The highest BCUT2D eigenvalue weighted by atomic mass is 19.1. The van der Waals surface area contributed by atoms with E-state index in [0.29, 0.717) is 29.7 Å². The zero-order valence-electron chi connectivity index (χ0n) is 19.8. The largest absolute Gasteiger partial charge is 0.503 e. The van der Waals surface area contributed by atoms with Crippen molar-refractivity contribution in [2.75, 3.05) is 18.0 Å². The number of hydrogen-bond donors (Lipinski definition) is 2. The number of aromatic nitrogens is 1. The van der Waals surface area contributed by atoms with Gasteiger partial charge in [0, 0.05) is 42.7 Å². The Bertz CT molecular complexity index is 1460. The van der Waals surface area contributed by atoms with E-state index in [4.69, 9.17) is 5.73 Å². The molecule has 1 aliphatic heterocycles. The SMILES string of the molecule is Cc1cc(F)cc(-c2cnc3ccc(C4CC(=O)C(O)=C(C#N)C4=O)cc3c2N2CCC(N)CC2)c1. The van der Waals surface area contributed by atoms with E-state index in [0.717, 1.165) is 35.0 Å². The van der Waals surface area contributed by atoms with Crippen LogP contribution in [0, 0.1) is 24.1 Å². The molecule has 5 rings (SSSR count). The molecule has 2 heterocycles. The van der Waals surface area contributed by atoms with Crippen LogP contribution in [0.5, 0.6) is 0 Å². The summed E-state index contributed by atoms with van der Waals surface area (Å²) in [5.74, 6) is -3.20. The molecule has 0 spiro atoms. The molecule has 8 heteroatoms. The second-order valence-corrected chi connectivity index (χ2v) is 9.52. The van der Waals surface area contributed by atoms with E-state index < -0.39 is 28.8 Å². The van der Waals surface area contributed by atoms with E-state index in [1.165, 1.54) is 12.1 Å². The number of nitriles is 1. The average molecular weight is 485 g/mol. The molecular formula is C28H25FN4O3. The smallest absolute Gasteiger partial charge is 0.199 e. The lowest BCUT2D eigenvalue weighted by molar-refractivity contribution is -0.125.